The second-order valence-corrected chi connectivity index (χ2v) is 3.61. The van der Waals surface area contributed by atoms with Crippen LogP contribution in [0.25, 0.3) is 0 Å². The Bertz CT molecular complexity index is 398. The fraction of sp³-hybridized carbons (Fsp3) is 0.556. The molecule has 0 saturated heterocycles. The van der Waals surface area contributed by atoms with Crippen molar-refractivity contribution >= 4 is 0 Å². The molecule has 5 nitrogen and oxygen atoms in total. The third-order valence-corrected chi connectivity index (χ3v) is 2.15. The minimum atomic E-state index is -0.0943. The van der Waals surface area contributed by atoms with Crippen molar-refractivity contribution in [1.82, 2.24) is 9.97 Å². The van der Waals surface area contributed by atoms with Crippen molar-refractivity contribution in [3.8, 4) is 0 Å². The molecule has 14 heavy (non-hydrogen) atoms. The molecule has 1 aromatic heterocycles. The van der Waals surface area contributed by atoms with Crippen LogP contribution in [0.1, 0.15) is 24.0 Å². The van der Waals surface area contributed by atoms with Crippen LogP contribution in [0.15, 0.2) is 4.79 Å². The van der Waals surface area contributed by atoms with Crippen LogP contribution in [0.3, 0.4) is 0 Å². The molecule has 1 aliphatic heterocycles. The van der Waals surface area contributed by atoms with Crippen LogP contribution in [0.5, 0.6) is 0 Å². The molecule has 0 saturated carbocycles. The van der Waals surface area contributed by atoms with Gasteiger partial charge >= 0.3 is 0 Å². The van der Waals surface area contributed by atoms with E-state index >= 15 is 0 Å². The van der Waals surface area contributed by atoms with Crippen molar-refractivity contribution in [2.24, 2.45) is 5.73 Å². The number of hydrogen-bond donors (Lipinski definition) is 2. The summed E-state index contributed by atoms with van der Waals surface area (Å²) in [6.45, 7) is 2.69. The topological polar surface area (TPSA) is 81.0 Å². The molecule has 1 unspecified atom stereocenters. The van der Waals surface area contributed by atoms with E-state index in [2.05, 4.69) is 9.97 Å². The Morgan fingerprint density at radius 2 is 2.43 bits per heavy atom. The highest BCUT2D eigenvalue weighted by atomic mass is 16.5. The van der Waals surface area contributed by atoms with E-state index in [4.69, 9.17) is 10.5 Å². The van der Waals surface area contributed by atoms with Crippen molar-refractivity contribution in [3.05, 3.63) is 27.4 Å². The predicted octanol–water partition coefficient (Wildman–Crippen LogP) is -0.310. The Morgan fingerprint density at radius 3 is 3.14 bits per heavy atom. The zero-order chi connectivity index (χ0) is 10.1. The third kappa shape index (κ3) is 1.69. The Labute approximate surface area is 81.3 Å². The summed E-state index contributed by atoms with van der Waals surface area (Å²) < 4.78 is 5.14. The molecule has 2 rings (SSSR count). The lowest BCUT2D eigenvalue weighted by Gasteiger charge is -2.05. The molecule has 2 heterocycles. The highest BCUT2D eigenvalue weighted by molar-refractivity contribution is 5.19. The fourth-order valence-corrected chi connectivity index (χ4v) is 1.52. The van der Waals surface area contributed by atoms with Gasteiger partial charge in [0.2, 0.25) is 0 Å². The zero-order valence-electron chi connectivity index (χ0n) is 8.04. The second kappa shape index (κ2) is 3.51. The standard InChI is InChI=1S/C9H13N3O2/c1-5(10)2-8-11-7-4-14-3-6(7)9(13)12-8/h5H,2-4,10H2,1H3,(H,11,12,13). The summed E-state index contributed by atoms with van der Waals surface area (Å²) >= 11 is 0. The quantitative estimate of drug-likeness (QED) is 0.678. The van der Waals surface area contributed by atoms with Gasteiger partial charge in [-0.2, -0.15) is 0 Å². The number of aromatic amines is 1. The lowest BCUT2D eigenvalue weighted by molar-refractivity contribution is 0.133. The van der Waals surface area contributed by atoms with E-state index in [0.717, 1.165) is 5.69 Å². The van der Waals surface area contributed by atoms with Gasteiger partial charge in [-0.15, -0.1) is 0 Å². The van der Waals surface area contributed by atoms with Gasteiger partial charge in [-0.05, 0) is 6.92 Å². The SMILES string of the molecule is CC(N)Cc1nc2c(c(=O)[nH]1)COC2. The monoisotopic (exact) mass is 195 g/mol. The maximum absolute atomic E-state index is 11.5. The van der Waals surface area contributed by atoms with Crippen molar-refractivity contribution in [3.63, 3.8) is 0 Å². The number of fused-ring (bicyclic) bond motifs is 1. The molecule has 0 amide bonds. The largest absolute Gasteiger partial charge is 0.370 e. The number of H-pyrrole nitrogens is 1. The first-order valence-corrected chi connectivity index (χ1v) is 4.61. The molecule has 1 atom stereocenters. The lowest BCUT2D eigenvalue weighted by Crippen LogP contribution is -2.24. The maximum atomic E-state index is 11.5. The molecule has 0 spiro atoms. The molecule has 3 N–H and O–H groups in total. The van der Waals surface area contributed by atoms with E-state index in [1.807, 2.05) is 6.92 Å². The van der Waals surface area contributed by atoms with E-state index in [1.165, 1.54) is 0 Å². The number of hydrogen-bond acceptors (Lipinski definition) is 4. The van der Waals surface area contributed by atoms with Gasteiger partial charge in [0.1, 0.15) is 5.82 Å². The first-order chi connectivity index (χ1) is 6.66. The number of ether oxygens (including phenoxy) is 1. The average Bonchev–Trinajstić information content (AvgIpc) is 2.50. The van der Waals surface area contributed by atoms with Crippen LogP contribution in [-0.4, -0.2) is 16.0 Å². The molecule has 0 radical (unpaired) electrons. The normalized spacial score (nSPS) is 16.7. The number of rotatable bonds is 2. The highest BCUT2D eigenvalue weighted by Gasteiger charge is 2.17. The second-order valence-electron chi connectivity index (χ2n) is 3.61. The Morgan fingerprint density at radius 1 is 1.64 bits per heavy atom. The van der Waals surface area contributed by atoms with Gasteiger partial charge in [-0.3, -0.25) is 4.79 Å². The average molecular weight is 195 g/mol. The molecular weight excluding hydrogens is 182 g/mol. The van der Waals surface area contributed by atoms with Gasteiger partial charge in [0.05, 0.1) is 24.5 Å². The molecule has 5 heteroatoms. The molecule has 1 aliphatic rings. The van der Waals surface area contributed by atoms with Crippen LogP contribution in [-0.2, 0) is 24.4 Å². The van der Waals surface area contributed by atoms with Crippen molar-refractivity contribution in [2.45, 2.75) is 32.6 Å². The van der Waals surface area contributed by atoms with E-state index in [9.17, 15) is 4.79 Å². The molecule has 0 aliphatic carbocycles. The summed E-state index contributed by atoms with van der Waals surface area (Å²) in [4.78, 5) is 18.5. The Kier molecular flexibility index (Phi) is 2.35. The first kappa shape index (κ1) is 9.36. The minimum absolute atomic E-state index is 0.00137. The molecule has 0 fully saturated rings. The smallest absolute Gasteiger partial charge is 0.256 e. The summed E-state index contributed by atoms with van der Waals surface area (Å²) in [5.74, 6) is 0.647. The van der Waals surface area contributed by atoms with Gasteiger partial charge in [-0.1, -0.05) is 0 Å². The molecule has 1 aromatic rings. The number of aromatic nitrogens is 2. The summed E-state index contributed by atoms with van der Waals surface area (Å²) in [6, 6.07) is -0.00137. The van der Waals surface area contributed by atoms with Crippen molar-refractivity contribution in [2.75, 3.05) is 0 Å². The maximum Gasteiger partial charge on any atom is 0.256 e. The Balaban J connectivity index is 2.37. The van der Waals surface area contributed by atoms with Gasteiger partial charge in [0, 0.05) is 12.5 Å². The molecule has 0 aromatic carbocycles. The number of nitrogens with two attached hydrogens (primary N) is 1. The van der Waals surface area contributed by atoms with Crippen LogP contribution < -0.4 is 11.3 Å². The van der Waals surface area contributed by atoms with E-state index in [-0.39, 0.29) is 11.6 Å². The predicted molar refractivity (Wildman–Crippen MR) is 50.7 cm³/mol. The van der Waals surface area contributed by atoms with Crippen molar-refractivity contribution in [1.29, 1.82) is 0 Å². The minimum Gasteiger partial charge on any atom is -0.370 e. The van der Waals surface area contributed by atoms with Gasteiger partial charge in [0.25, 0.3) is 5.56 Å². The summed E-state index contributed by atoms with van der Waals surface area (Å²) in [5.41, 5.74) is 6.94. The molecular formula is C9H13N3O2. The lowest BCUT2D eigenvalue weighted by atomic mass is 10.2. The zero-order valence-corrected chi connectivity index (χ0v) is 8.04. The summed E-state index contributed by atoms with van der Waals surface area (Å²) in [5, 5.41) is 0. The summed E-state index contributed by atoms with van der Waals surface area (Å²) in [7, 11) is 0. The van der Waals surface area contributed by atoms with E-state index < -0.39 is 0 Å². The number of nitrogens with one attached hydrogen (secondary N) is 1. The molecule has 76 valence electrons. The van der Waals surface area contributed by atoms with Crippen LogP contribution in [0.4, 0.5) is 0 Å². The third-order valence-electron chi connectivity index (χ3n) is 2.15. The Hall–Kier alpha value is -1.20. The first-order valence-electron chi connectivity index (χ1n) is 4.61. The van der Waals surface area contributed by atoms with Crippen LogP contribution in [0.2, 0.25) is 0 Å². The highest BCUT2D eigenvalue weighted by Crippen LogP contribution is 2.12. The fourth-order valence-electron chi connectivity index (χ4n) is 1.52. The van der Waals surface area contributed by atoms with Gasteiger partial charge in [0.15, 0.2) is 0 Å². The number of nitrogens with zero attached hydrogens (tertiary/aromatic N) is 1. The summed E-state index contributed by atoms with van der Waals surface area (Å²) in [6.07, 6.45) is 0.586. The van der Waals surface area contributed by atoms with Crippen LogP contribution in [0, 0.1) is 0 Å². The van der Waals surface area contributed by atoms with Crippen molar-refractivity contribution < 1.29 is 4.74 Å². The van der Waals surface area contributed by atoms with Gasteiger partial charge < -0.3 is 15.5 Å². The van der Waals surface area contributed by atoms with Crippen LogP contribution >= 0.6 is 0 Å². The van der Waals surface area contributed by atoms with E-state index in [1.54, 1.807) is 0 Å². The van der Waals surface area contributed by atoms with E-state index in [0.29, 0.717) is 31.0 Å². The molecule has 0 bridgehead atoms. The van der Waals surface area contributed by atoms with Gasteiger partial charge in [-0.25, -0.2) is 4.98 Å².